The zero-order valence-corrected chi connectivity index (χ0v) is 9.28. The van der Waals surface area contributed by atoms with Crippen molar-refractivity contribution in [2.75, 3.05) is 7.11 Å². The van der Waals surface area contributed by atoms with E-state index in [1.54, 1.807) is 0 Å². The van der Waals surface area contributed by atoms with Crippen LogP contribution in [0.1, 0.15) is 10.4 Å². The first-order chi connectivity index (χ1) is 6.97. The normalized spacial score (nSPS) is 9.93. The molecule has 0 atom stereocenters. The van der Waals surface area contributed by atoms with Crippen molar-refractivity contribution < 1.29 is 24.0 Å². The minimum absolute atomic E-state index is 0.0490. The molecule has 1 aromatic rings. The SMILES string of the molecule is COC(=O)c1c(F)cc(B(O)O)cc1Br. The molecule has 15 heavy (non-hydrogen) atoms. The van der Waals surface area contributed by atoms with E-state index in [4.69, 9.17) is 10.0 Å². The van der Waals surface area contributed by atoms with Crippen LogP contribution in [0.15, 0.2) is 16.6 Å². The number of esters is 1. The standard InChI is InChI=1S/C8H7BBrFO4/c1-15-8(12)7-5(10)2-4(9(13)14)3-6(7)11/h2-3,13-14H,1H3. The summed E-state index contributed by atoms with van der Waals surface area (Å²) >= 11 is 2.94. The molecule has 0 fully saturated rings. The first-order valence-corrected chi connectivity index (χ1v) is 4.70. The van der Waals surface area contributed by atoms with Gasteiger partial charge >= 0.3 is 13.1 Å². The van der Waals surface area contributed by atoms with Crippen molar-refractivity contribution in [1.82, 2.24) is 0 Å². The molecule has 0 aliphatic carbocycles. The van der Waals surface area contributed by atoms with Crippen LogP contribution in [-0.4, -0.2) is 30.2 Å². The molecule has 0 saturated heterocycles. The topological polar surface area (TPSA) is 66.8 Å². The quantitative estimate of drug-likeness (QED) is 0.592. The number of carbonyl (C=O) groups excluding carboxylic acids is 1. The minimum Gasteiger partial charge on any atom is -0.465 e. The predicted molar refractivity (Wildman–Crippen MR) is 55.3 cm³/mol. The lowest BCUT2D eigenvalue weighted by Crippen LogP contribution is -2.31. The van der Waals surface area contributed by atoms with Crippen molar-refractivity contribution in [2.24, 2.45) is 0 Å². The van der Waals surface area contributed by atoms with Crippen LogP contribution >= 0.6 is 15.9 Å². The third-order valence-corrected chi connectivity index (χ3v) is 2.38. The molecule has 0 amide bonds. The van der Waals surface area contributed by atoms with Crippen LogP contribution < -0.4 is 5.46 Å². The molecule has 0 radical (unpaired) electrons. The van der Waals surface area contributed by atoms with Crippen LogP contribution in [0.3, 0.4) is 0 Å². The number of carbonyl (C=O) groups is 1. The maximum atomic E-state index is 13.4. The molecule has 0 aliphatic rings. The molecular weight excluding hydrogens is 270 g/mol. The monoisotopic (exact) mass is 276 g/mol. The number of rotatable bonds is 2. The summed E-state index contributed by atoms with van der Waals surface area (Å²) < 4.78 is 17.8. The van der Waals surface area contributed by atoms with Gasteiger partial charge in [0, 0.05) is 4.47 Å². The number of hydrogen-bond donors (Lipinski definition) is 2. The molecule has 0 aliphatic heterocycles. The number of methoxy groups -OCH3 is 1. The van der Waals surface area contributed by atoms with Crippen LogP contribution in [0.5, 0.6) is 0 Å². The van der Waals surface area contributed by atoms with Crippen LogP contribution in [-0.2, 0) is 4.74 Å². The van der Waals surface area contributed by atoms with E-state index in [9.17, 15) is 9.18 Å². The lowest BCUT2D eigenvalue weighted by molar-refractivity contribution is 0.0594. The summed E-state index contributed by atoms with van der Waals surface area (Å²) in [6, 6.07) is 2.10. The highest BCUT2D eigenvalue weighted by molar-refractivity contribution is 9.10. The van der Waals surface area contributed by atoms with Gasteiger partial charge in [-0.15, -0.1) is 0 Å². The van der Waals surface area contributed by atoms with Crippen LogP contribution in [0.25, 0.3) is 0 Å². The first kappa shape index (κ1) is 12.2. The summed E-state index contributed by atoms with van der Waals surface area (Å²) in [6.07, 6.45) is 0. The molecular formula is C8H7BBrFO4. The highest BCUT2D eigenvalue weighted by atomic mass is 79.9. The Morgan fingerprint density at radius 2 is 2.13 bits per heavy atom. The molecule has 0 heterocycles. The van der Waals surface area contributed by atoms with E-state index in [-0.39, 0.29) is 15.5 Å². The van der Waals surface area contributed by atoms with Crippen molar-refractivity contribution in [3.8, 4) is 0 Å². The molecule has 1 aromatic carbocycles. The number of halogens is 2. The van der Waals surface area contributed by atoms with Gasteiger partial charge in [0.05, 0.1) is 7.11 Å². The molecule has 0 spiro atoms. The highest BCUT2D eigenvalue weighted by Gasteiger charge is 2.21. The molecule has 1 rings (SSSR count). The van der Waals surface area contributed by atoms with Gasteiger partial charge in [0.15, 0.2) is 0 Å². The second-order valence-corrected chi connectivity index (χ2v) is 3.58. The zero-order valence-electron chi connectivity index (χ0n) is 7.70. The Morgan fingerprint density at radius 1 is 1.53 bits per heavy atom. The minimum atomic E-state index is -1.79. The van der Waals surface area contributed by atoms with Gasteiger partial charge in [0.25, 0.3) is 0 Å². The fourth-order valence-electron chi connectivity index (χ4n) is 1.04. The fraction of sp³-hybridized carbons (Fsp3) is 0.125. The molecule has 7 heteroatoms. The van der Waals surface area contributed by atoms with E-state index in [2.05, 4.69) is 20.7 Å². The molecule has 2 N–H and O–H groups in total. The Hall–Kier alpha value is -0.915. The Morgan fingerprint density at radius 3 is 2.53 bits per heavy atom. The summed E-state index contributed by atoms with van der Waals surface area (Å²) in [5, 5.41) is 17.6. The Balaban J connectivity index is 3.27. The molecule has 0 aromatic heterocycles. The van der Waals surface area contributed by atoms with E-state index in [0.717, 1.165) is 13.2 Å². The number of benzene rings is 1. The van der Waals surface area contributed by atoms with Crippen molar-refractivity contribution in [3.05, 3.63) is 28.0 Å². The Kier molecular flexibility index (Phi) is 3.84. The van der Waals surface area contributed by atoms with E-state index in [1.807, 2.05) is 0 Å². The molecule has 0 unspecified atom stereocenters. The van der Waals surface area contributed by atoms with Crippen LogP contribution in [0.2, 0.25) is 0 Å². The van der Waals surface area contributed by atoms with Gasteiger partial charge in [0.1, 0.15) is 11.4 Å². The maximum Gasteiger partial charge on any atom is 0.488 e. The van der Waals surface area contributed by atoms with Crippen molar-refractivity contribution in [1.29, 1.82) is 0 Å². The van der Waals surface area contributed by atoms with Crippen LogP contribution in [0, 0.1) is 5.82 Å². The average molecular weight is 277 g/mol. The maximum absolute atomic E-state index is 13.4. The van der Waals surface area contributed by atoms with E-state index >= 15 is 0 Å². The Bertz CT molecular complexity index is 373. The summed E-state index contributed by atoms with van der Waals surface area (Å²) in [6.45, 7) is 0. The predicted octanol–water partition coefficient (Wildman–Crippen LogP) is 0.0546. The molecule has 0 bridgehead atoms. The lowest BCUT2D eigenvalue weighted by atomic mass is 9.80. The average Bonchev–Trinajstić information content (AvgIpc) is 2.16. The Labute approximate surface area is 94.0 Å². The van der Waals surface area contributed by atoms with Gasteiger partial charge in [-0.25, -0.2) is 9.18 Å². The van der Waals surface area contributed by atoms with Gasteiger partial charge < -0.3 is 14.8 Å². The van der Waals surface area contributed by atoms with Crippen molar-refractivity contribution in [2.45, 2.75) is 0 Å². The van der Waals surface area contributed by atoms with Gasteiger partial charge in [-0.2, -0.15) is 0 Å². The van der Waals surface area contributed by atoms with E-state index in [0.29, 0.717) is 0 Å². The van der Waals surface area contributed by atoms with Gasteiger partial charge in [-0.3, -0.25) is 0 Å². The summed E-state index contributed by atoms with van der Waals surface area (Å²) in [4.78, 5) is 11.1. The lowest BCUT2D eigenvalue weighted by Gasteiger charge is -2.06. The van der Waals surface area contributed by atoms with Gasteiger partial charge in [-0.05, 0) is 33.5 Å². The summed E-state index contributed by atoms with van der Waals surface area (Å²) in [7, 11) is -0.661. The summed E-state index contributed by atoms with van der Waals surface area (Å²) in [5.41, 5.74) is -0.325. The number of ether oxygens (including phenoxy) is 1. The smallest absolute Gasteiger partial charge is 0.465 e. The fourth-order valence-corrected chi connectivity index (χ4v) is 1.65. The van der Waals surface area contributed by atoms with Gasteiger partial charge in [0.2, 0.25) is 0 Å². The second kappa shape index (κ2) is 4.74. The third-order valence-electron chi connectivity index (χ3n) is 1.75. The van der Waals surface area contributed by atoms with E-state index in [1.165, 1.54) is 6.07 Å². The van der Waals surface area contributed by atoms with Crippen molar-refractivity contribution >= 4 is 34.5 Å². The summed E-state index contributed by atoms with van der Waals surface area (Å²) in [5.74, 6) is -1.71. The highest BCUT2D eigenvalue weighted by Crippen LogP contribution is 2.19. The molecule has 0 saturated carbocycles. The first-order valence-electron chi connectivity index (χ1n) is 3.90. The molecule has 4 nitrogen and oxygen atoms in total. The molecule has 80 valence electrons. The number of hydrogen-bond acceptors (Lipinski definition) is 4. The van der Waals surface area contributed by atoms with E-state index < -0.39 is 18.9 Å². The zero-order chi connectivity index (χ0) is 11.6. The third kappa shape index (κ3) is 2.56. The second-order valence-electron chi connectivity index (χ2n) is 2.72. The largest absolute Gasteiger partial charge is 0.488 e. The van der Waals surface area contributed by atoms with Crippen molar-refractivity contribution in [3.63, 3.8) is 0 Å². The van der Waals surface area contributed by atoms with Crippen LogP contribution in [0.4, 0.5) is 4.39 Å². The van der Waals surface area contributed by atoms with Gasteiger partial charge in [-0.1, -0.05) is 0 Å².